The monoisotopic (exact) mass is 239 g/mol. The molecular weight excluding hydrogens is 218 g/mol. The van der Waals surface area contributed by atoms with Gasteiger partial charge in [0.25, 0.3) is 0 Å². The average Bonchev–Trinajstić information content (AvgIpc) is 2.84. The van der Waals surface area contributed by atoms with Crippen LogP contribution in [0.25, 0.3) is 0 Å². The molecule has 1 aliphatic heterocycles. The van der Waals surface area contributed by atoms with Gasteiger partial charge in [0.1, 0.15) is 6.10 Å². The fourth-order valence-corrected chi connectivity index (χ4v) is 2.24. The summed E-state index contributed by atoms with van der Waals surface area (Å²) < 4.78 is 10.8. The lowest BCUT2D eigenvalue weighted by atomic mass is 9.88. The summed E-state index contributed by atoms with van der Waals surface area (Å²) in [7, 11) is 1.68. The van der Waals surface area contributed by atoms with Crippen LogP contribution in [0.3, 0.4) is 0 Å². The van der Waals surface area contributed by atoms with Gasteiger partial charge in [0.15, 0.2) is 0 Å². The molecule has 0 saturated carbocycles. The van der Waals surface area contributed by atoms with Gasteiger partial charge in [0, 0.05) is 7.11 Å². The van der Waals surface area contributed by atoms with Crippen molar-refractivity contribution in [2.24, 2.45) is 5.41 Å². The fourth-order valence-electron chi connectivity index (χ4n) is 2.24. The lowest BCUT2D eigenvalue weighted by Crippen LogP contribution is -2.21. The minimum Gasteiger partial charge on any atom is -0.373 e. The molecule has 0 radical (unpaired) electrons. The first-order valence-corrected chi connectivity index (χ1v) is 6.12. The number of ether oxygens (including phenoxy) is 1. The number of rotatable bonds is 3. The van der Waals surface area contributed by atoms with Crippen molar-refractivity contribution in [3.8, 4) is 0 Å². The molecule has 5 heteroatoms. The number of methoxy groups -OCH3 is 1. The summed E-state index contributed by atoms with van der Waals surface area (Å²) in [6.45, 7) is 7.33. The Kier molecular flexibility index (Phi) is 3.49. The lowest BCUT2D eigenvalue weighted by Gasteiger charge is -2.26. The van der Waals surface area contributed by atoms with Crippen LogP contribution in [-0.2, 0) is 4.74 Å². The van der Waals surface area contributed by atoms with Crippen molar-refractivity contribution in [2.75, 3.05) is 13.7 Å². The normalized spacial score (nSPS) is 22.9. The summed E-state index contributed by atoms with van der Waals surface area (Å²) in [5.41, 5.74) is -0.0427. The van der Waals surface area contributed by atoms with E-state index >= 15 is 0 Å². The van der Waals surface area contributed by atoms with Gasteiger partial charge in [-0.25, -0.2) is 0 Å². The maximum absolute atomic E-state index is 5.47. The molecule has 1 aromatic rings. The van der Waals surface area contributed by atoms with Gasteiger partial charge in [0.2, 0.25) is 11.7 Å². The molecule has 0 bridgehead atoms. The first-order chi connectivity index (χ1) is 8.02. The molecule has 1 aliphatic rings. The number of nitrogens with one attached hydrogen (secondary N) is 1. The van der Waals surface area contributed by atoms with E-state index < -0.39 is 0 Å². The van der Waals surface area contributed by atoms with Gasteiger partial charge in [-0.05, 0) is 24.8 Å². The van der Waals surface area contributed by atoms with Crippen LogP contribution in [0, 0.1) is 5.41 Å². The van der Waals surface area contributed by atoms with E-state index in [2.05, 4.69) is 36.2 Å². The quantitative estimate of drug-likeness (QED) is 0.876. The van der Waals surface area contributed by atoms with E-state index in [9.17, 15) is 0 Å². The average molecular weight is 239 g/mol. The highest BCUT2D eigenvalue weighted by Gasteiger charge is 2.32. The van der Waals surface area contributed by atoms with Gasteiger partial charge in [-0.3, -0.25) is 0 Å². The van der Waals surface area contributed by atoms with Gasteiger partial charge in [-0.1, -0.05) is 25.9 Å². The molecule has 1 N–H and O–H groups in total. The molecule has 0 amide bonds. The molecule has 0 aliphatic carbocycles. The van der Waals surface area contributed by atoms with Crippen molar-refractivity contribution in [3.63, 3.8) is 0 Å². The highest BCUT2D eigenvalue weighted by atomic mass is 16.5. The third-order valence-corrected chi connectivity index (χ3v) is 3.07. The third-order valence-electron chi connectivity index (χ3n) is 3.07. The lowest BCUT2D eigenvalue weighted by molar-refractivity contribution is 0.00718. The van der Waals surface area contributed by atoms with Crippen LogP contribution >= 0.6 is 0 Å². The maximum atomic E-state index is 5.47. The van der Waals surface area contributed by atoms with E-state index in [4.69, 9.17) is 9.26 Å². The minimum absolute atomic E-state index is 0.0427. The summed E-state index contributed by atoms with van der Waals surface area (Å²) in [4.78, 5) is 4.46. The van der Waals surface area contributed by atoms with E-state index in [-0.39, 0.29) is 17.6 Å². The molecule has 1 aromatic heterocycles. The standard InChI is InChI=1S/C12H21N3O2/c1-12(2,3)9(16-4)10-14-11(17-15-10)8-6-5-7-13-8/h8-9,13H,5-7H2,1-4H3/t8-,9?/m0/s1. The Balaban J connectivity index is 2.16. The Morgan fingerprint density at radius 1 is 1.47 bits per heavy atom. The molecule has 0 aromatic carbocycles. The zero-order valence-corrected chi connectivity index (χ0v) is 11.0. The zero-order chi connectivity index (χ0) is 12.5. The molecule has 1 fully saturated rings. The molecule has 2 atom stereocenters. The maximum Gasteiger partial charge on any atom is 0.243 e. The van der Waals surface area contributed by atoms with Crippen LogP contribution in [-0.4, -0.2) is 23.8 Å². The number of hydrogen-bond acceptors (Lipinski definition) is 5. The van der Waals surface area contributed by atoms with Crippen LogP contribution in [0.1, 0.15) is 57.5 Å². The molecular formula is C12H21N3O2. The highest BCUT2D eigenvalue weighted by molar-refractivity contribution is 5.00. The smallest absolute Gasteiger partial charge is 0.243 e. The van der Waals surface area contributed by atoms with Gasteiger partial charge >= 0.3 is 0 Å². The second-order valence-corrected chi connectivity index (χ2v) is 5.62. The van der Waals surface area contributed by atoms with E-state index in [1.165, 1.54) is 0 Å². The van der Waals surface area contributed by atoms with E-state index in [1.807, 2.05) is 0 Å². The Hall–Kier alpha value is -0.940. The summed E-state index contributed by atoms with van der Waals surface area (Å²) in [5, 5.41) is 7.39. The predicted molar refractivity (Wildman–Crippen MR) is 63.5 cm³/mol. The summed E-state index contributed by atoms with van der Waals surface area (Å²) >= 11 is 0. The van der Waals surface area contributed by atoms with Gasteiger partial charge in [0.05, 0.1) is 6.04 Å². The molecule has 1 unspecified atom stereocenters. The summed E-state index contributed by atoms with van der Waals surface area (Å²) in [6.07, 6.45) is 2.09. The number of nitrogens with zero attached hydrogens (tertiary/aromatic N) is 2. The summed E-state index contributed by atoms with van der Waals surface area (Å²) in [5.74, 6) is 1.33. The molecule has 2 rings (SSSR count). The van der Waals surface area contributed by atoms with Crippen molar-refractivity contribution >= 4 is 0 Å². The molecule has 2 heterocycles. The van der Waals surface area contributed by atoms with Crippen molar-refractivity contribution < 1.29 is 9.26 Å². The Bertz CT molecular complexity index is 364. The van der Waals surface area contributed by atoms with Crippen molar-refractivity contribution in [3.05, 3.63) is 11.7 Å². The second kappa shape index (κ2) is 4.74. The number of hydrogen-bond donors (Lipinski definition) is 1. The predicted octanol–water partition coefficient (Wildman–Crippen LogP) is 2.23. The highest BCUT2D eigenvalue weighted by Crippen LogP contribution is 2.34. The summed E-state index contributed by atoms with van der Waals surface area (Å²) in [6, 6.07) is 0.216. The first kappa shape index (κ1) is 12.5. The van der Waals surface area contributed by atoms with Crippen LogP contribution in [0.4, 0.5) is 0 Å². The Morgan fingerprint density at radius 3 is 2.76 bits per heavy atom. The van der Waals surface area contributed by atoms with E-state index in [0.717, 1.165) is 19.4 Å². The molecule has 1 saturated heterocycles. The van der Waals surface area contributed by atoms with Crippen LogP contribution in [0.5, 0.6) is 0 Å². The molecule has 96 valence electrons. The first-order valence-electron chi connectivity index (χ1n) is 6.12. The van der Waals surface area contributed by atoms with Crippen molar-refractivity contribution in [2.45, 2.75) is 45.8 Å². The Labute approximate surface area is 102 Å². The van der Waals surface area contributed by atoms with Gasteiger partial charge in [-0.2, -0.15) is 4.98 Å². The fraction of sp³-hybridized carbons (Fsp3) is 0.833. The SMILES string of the molecule is COC(c1noc([C@@H]2CCCN2)n1)C(C)(C)C. The van der Waals surface area contributed by atoms with Crippen molar-refractivity contribution in [1.29, 1.82) is 0 Å². The largest absolute Gasteiger partial charge is 0.373 e. The van der Waals surface area contributed by atoms with E-state index in [1.54, 1.807) is 7.11 Å². The van der Waals surface area contributed by atoms with Crippen LogP contribution < -0.4 is 5.32 Å². The number of aromatic nitrogens is 2. The van der Waals surface area contributed by atoms with E-state index in [0.29, 0.717) is 11.7 Å². The van der Waals surface area contributed by atoms with Crippen LogP contribution in [0.15, 0.2) is 4.52 Å². The second-order valence-electron chi connectivity index (χ2n) is 5.62. The van der Waals surface area contributed by atoms with Gasteiger partial charge < -0.3 is 14.6 Å². The zero-order valence-electron chi connectivity index (χ0n) is 11.0. The molecule has 0 spiro atoms. The van der Waals surface area contributed by atoms with Gasteiger partial charge in [-0.15, -0.1) is 0 Å². The Morgan fingerprint density at radius 2 is 2.24 bits per heavy atom. The van der Waals surface area contributed by atoms with Crippen LogP contribution in [0.2, 0.25) is 0 Å². The molecule has 5 nitrogen and oxygen atoms in total. The molecule has 17 heavy (non-hydrogen) atoms. The third kappa shape index (κ3) is 2.66. The minimum atomic E-state index is -0.138. The van der Waals surface area contributed by atoms with Crippen molar-refractivity contribution in [1.82, 2.24) is 15.5 Å². The topological polar surface area (TPSA) is 60.2 Å².